The molecular weight excluding hydrogens is 523 g/mol. The molecule has 0 bridgehead atoms. The summed E-state index contributed by atoms with van der Waals surface area (Å²) < 4.78 is 48.6. The molecule has 2 aromatic rings. The normalized spacial score (nSPS) is 24.1. The molecule has 6 rings (SSSR count). The number of aromatic amines is 1. The number of rotatable bonds is 9. The summed E-state index contributed by atoms with van der Waals surface area (Å²) in [6.45, 7) is 4.14. The number of aliphatic hydroxyl groups excluding tert-OH is 1. The highest BCUT2D eigenvalue weighted by Crippen LogP contribution is 2.34. The Morgan fingerprint density at radius 2 is 2.02 bits per heavy atom. The van der Waals surface area contributed by atoms with Gasteiger partial charge in [0, 0.05) is 62.4 Å². The van der Waals surface area contributed by atoms with Crippen LogP contribution < -0.4 is 15.4 Å². The van der Waals surface area contributed by atoms with E-state index in [2.05, 4.69) is 47.5 Å². The van der Waals surface area contributed by atoms with Crippen LogP contribution in [0.25, 0.3) is 0 Å². The first-order valence-corrected chi connectivity index (χ1v) is 13.9. The average Bonchev–Trinajstić information content (AvgIpc) is 3.37. The molecule has 4 aliphatic rings. The fourth-order valence-corrected chi connectivity index (χ4v) is 5.74. The summed E-state index contributed by atoms with van der Waals surface area (Å²) >= 11 is 0. The zero-order chi connectivity index (χ0) is 27.9. The summed E-state index contributed by atoms with van der Waals surface area (Å²) in [5.74, 6) is 1.02. The number of fused-ring (bicyclic) bond motifs is 1. The maximum atomic E-state index is 13.5. The van der Waals surface area contributed by atoms with Crippen LogP contribution in [0, 0.1) is 0 Å². The number of likely N-dealkylation sites (tertiary alicyclic amines) is 1. The van der Waals surface area contributed by atoms with Gasteiger partial charge in [-0.1, -0.05) is 0 Å². The Kier molecular flexibility index (Phi) is 7.41. The molecule has 0 radical (unpaired) electrons. The molecule has 1 atom stereocenters. The van der Waals surface area contributed by atoms with E-state index in [1.165, 1.54) is 0 Å². The van der Waals surface area contributed by atoms with Gasteiger partial charge in [-0.2, -0.15) is 13.2 Å². The van der Waals surface area contributed by atoms with Gasteiger partial charge in [-0.05, 0) is 37.5 Å². The van der Waals surface area contributed by atoms with Gasteiger partial charge in [-0.15, -0.1) is 0 Å². The van der Waals surface area contributed by atoms with Crippen molar-refractivity contribution in [1.82, 2.24) is 20.2 Å². The third kappa shape index (κ3) is 5.65. The first-order valence-electron chi connectivity index (χ1n) is 13.9. The SMILES string of the molecule is C[C@@H](CO)NCc1cc(OC2CCN(C3CC([N+]4=CC(C5=NCNc6[nH]ccc65)=C4)C3)CC2)nc(C(F)(F)F)c1. The van der Waals surface area contributed by atoms with Gasteiger partial charge in [0.25, 0.3) is 0 Å². The van der Waals surface area contributed by atoms with Crippen LogP contribution in [-0.4, -0.2) is 87.1 Å². The van der Waals surface area contributed by atoms with Gasteiger partial charge < -0.3 is 25.5 Å². The van der Waals surface area contributed by atoms with Crippen molar-refractivity contribution in [2.24, 2.45) is 4.99 Å². The van der Waals surface area contributed by atoms with Gasteiger partial charge in [-0.3, -0.25) is 9.89 Å². The molecule has 1 aliphatic carbocycles. The van der Waals surface area contributed by atoms with Gasteiger partial charge in [-0.25, -0.2) is 9.56 Å². The zero-order valence-corrected chi connectivity index (χ0v) is 22.4. The number of piperidine rings is 1. The van der Waals surface area contributed by atoms with Crippen molar-refractivity contribution < 1.29 is 27.6 Å². The maximum absolute atomic E-state index is 13.5. The number of nitrogens with zero attached hydrogens (tertiary/aromatic N) is 4. The van der Waals surface area contributed by atoms with Gasteiger partial charge in [0.1, 0.15) is 29.9 Å². The number of aromatic nitrogens is 2. The lowest BCUT2D eigenvalue weighted by Gasteiger charge is -2.43. The minimum absolute atomic E-state index is 0.00598. The third-order valence-corrected chi connectivity index (χ3v) is 8.22. The van der Waals surface area contributed by atoms with E-state index in [0.29, 0.717) is 24.3 Å². The van der Waals surface area contributed by atoms with Crippen LogP contribution in [0.15, 0.2) is 41.2 Å². The number of aliphatic hydroxyl groups is 1. The second kappa shape index (κ2) is 11.0. The van der Waals surface area contributed by atoms with Crippen LogP contribution in [0.2, 0.25) is 0 Å². The lowest BCUT2D eigenvalue weighted by molar-refractivity contribution is -0.524. The Balaban J connectivity index is 0.982. The van der Waals surface area contributed by atoms with Gasteiger partial charge in [0.2, 0.25) is 5.88 Å². The van der Waals surface area contributed by atoms with E-state index in [9.17, 15) is 18.3 Å². The number of halogens is 3. The molecule has 0 aromatic carbocycles. The molecule has 5 heterocycles. The number of ether oxygens (including phenoxy) is 1. The van der Waals surface area contributed by atoms with Crippen LogP contribution in [0.4, 0.5) is 19.0 Å². The minimum Gasteiger partial charge on any atom is -0.474 e. The second-order valence-corrected chi connectivity index (χ2v) is 11.1. The van der Waals surface area contributed by atoms with Gasteiger partial charge >= 0.3 is 6.18 Å². The highest BCUT2D eigenvalue weighted by atomic mass is 19.4. The highest BCUT2D eigenvalue weighted by molar-refractivity contribution is 6.26. The van der Waals surface area contributed by atoms with Crippen molar-refractivity contribution in [2.75, 3.05) is 31.7 Å². The Bertz CT molecular complexity index is 1320. The van der Waals surface area contributed by atoms with E-state index in [0.717, 1.165) is 67.5 Å². The second-order valence-electron chi connectivity index (χ2n) is 11.1. The molecule has 40 heavy (non-hydrogen) atoms. The van der Waals surface area contributed by atoms with Crippen molar-refractivity contribution in [2.45, 2.75) is 69.6 Å². The first-order chi connectivity index (χ1) is 19.3. The molecule has 9 nitrogen and oxygen atoms in total. The predicted octanol–water partition coefficient (Wildman–Crippen LogP) is 3.13. The van der Waals surface area contributed by atoms with E-state index in [1.807, 2.05) is 12.3 Å². The van der Waals surface area contributed by atoms with E-state index >= 15 is 0 Å². The van der Waals surface area contributed by atoms with E-state index < -0.39 is 11.9 Å². The Labute approximate surface area is 230 Å². The molecule has 12 heteroatoms. The Morgan fingerprint density at radius 3 is 2.75 bits per heavy atom. The number of nitrogens with one attached hydrogen (secondary N) is 3. The number of pyridine rings is 1. The van der Waals surface area contributed by atoms with Crippen LogP contribution >= 0.6 is 0 Å². The monoisotopic (exact) mass is 558 g/mol. The largest absolute Gasteiger partial charge is 0.474 e. The molecular formula is C28H35F3N7O2+. The van der Waals surface area contributed by atoms with Crippen LogP contribution in [0.3, 0.4) is 0 Å². The molecule has 1 saturated carbocycles. The number of allylic oxidation sites excluding steroid dienone is 1. The van der Waals surface area contributed by atoms with E-state index in [-0.39, 0.29) is 31.2 Å². The fraction of sp³-hybridized carbons (Fsp3) is 0.536. The van der Waals surface area contributed by atoms with Crippen molar-refractivity contribution in [1.29, 1.82) is 0 Å². The number of anilines is 1. The molecule has 2 fully saturated rings. The fourth-order valence-electron chi connectivity index (χ4n) is 5.74. The molecule has 0 spiro atoms. The van der Waals surface area contributed by atoms with Crippen LogP contribution in [-0.2, 0) is 12.7 Å². The Hall–Kier alpha value is -3.22. The topological polar surface area (TPSA) is 101 Å². The zero-order valence-electron chi connectivity index (χ0n) is 22.4. The summed E-state index contributed by atoms with van der Waals surface area (Å²) in [4.78, 5) is 14.1. The standard InChI is InChI=1S/C28H35F3N7O2/c1-17(15-39)33-12-18-8-24(28(29,30)31)36-25(9-18)40-22-3-6-37(7-4-22)20-10-21(11-20)38-13-19(14-38)26-23-2-5-32-27(23)35-16-34-26/h2,5,8-9,13-14,17,20-22,32-33,35,39H,3-4,6-7,10-12,15-16H2,1H3/q+1/t17-,20?,21?/m0/s1. The predicted molar refractivity (Wildman–Crippen MR) is 145 cm³/mol. The molecule has 0 amide bonds. The van der Waals surface area contributed by atoms with Gasteiger partial charge in [0.05, 0.1) is 12.3 Å². The van der Waals surface area contributed by atoms with E-state index in [4.69, 9.17) is 4.74 Å². The smallest absolute Gasteiger partial charge is 0.433 e. The van der Waals surface area contributed by atoms with Crippen molar-refractivity contribution in [3.8, 4) is 5.88 Å². The van der Waals surface area contributed by atoms with Crippen molar-refractivity contribution in [3.63, 3.8) is 0 Å². The summed E-state index contributed by atoms with van der Waals surface area (Å²) in [5.41, 5.74) is 2.76. The summed E-state index contributed by atoms with van der Waals surface area (Å²) in [5, 5.41) is 15.4. The molecule has 3 aliphatic heterocycles. The minimum atomic E-state index is -4.56. The maximum Gasteiger partial charge on any atom is 0.433 e. The van der Waals surface area contributed by atoms with Gasteiger partial charge in [0.15, 0.2) is 18.5 Å². The lowest BCUT2D eigenvalue weighted by Crippen LogP contribution is -2.54. The molecule has 0 unspecified atom stereocenters. The third-order valence-electron chi connectivity index (χ3n) is 8.22. The van der Waals surface area contributed by atoms with E-state index in [1.54, 1.807) is 13.0 Å². The molecule has 214 valence electrons. The number of hydrogen-bond donors (Lipinski definition) is 4. The van der Waals surface area contributed by atoms with Crippen molar-refractivity contribution >= 4 is 17.7 Å². The molecule has 1 saturated heterocycles. The number of aliphatic imine (C=N–C) groups is 1. The average molecular weight is 559 g/mol. The highest BCUT2D eigenvalue weighted by Gasteiger charge is 2.44. The summed E-state index contributed by atoms with van der Waals surface area (Å²) in [7, 11) is 0. The Morgan fingerprint density at radius 1 is 1.25 bits per heavy atom. The van der Waals surface area contributed by atoms with Crippen LogP contribution in [0.1, 0.15) is 49.4 Å². The number of hydrogen-bond acceptors (Lipinski definition) is 7. The number of H-pyrrole nitrogens is 1. The summed E-state index contributed by atoms with van der Waals surface area (Å²) in [6.07, 6.45) is 5.26. The molecule has 4 N–H and O–H groups in total. The number of alkyl halides is 3. The lowest BCUT2D eigenvalue weighted by atomic mass is 9.83. The quantitative estimate of drug-likeness (QED) is 0.353. The van der Waals surface area contributed by atoms with Crippen LogP contribution in [0.5, 0.6) is 5.88 Å². The van der Waals surface area contributed by atoms with Crippen molar-refractivity contribution in [3.05, 3.63) is 53.0 Å². The molecule has 2 aromatic heterocycles. The first kappa shape index (κ1) is 27.0. The summed E-state index contributed by atoms with van der Waals surface area (Å²) in [6, 6.07) is 5.42.